The first-order valence-corrected chi connectivity index (χ1v) is 8.35. The number of carbonyl (C=O) groups excluding carboxylic acids is 1. The summed E-state index contributed by atoms with van der Waals surface area (Å²) in [5.41, 5.74) is 1.24. The number of hydrogen-bond acceptors (Lipinski definition) is 3. The number of rotatable bonds is 7. The summed E-state index contributed by atoms with van der Waals surface area (Å²) in [5.74, 6) is 0.895. The molecule has 6 heteroatoms. The van der Waals surface area contributed by atoms with Crippen LogP contribution in [0.4, 0.5) is 0 Å². The monoisotopic (exact) mass is 375 g/mol. The van der Waals surface area contributed by atoms with Gasteiger partial charge in [0.25, 0.3) is 0 Å². The molecule has 1 aromatic rings. The molecule has 1 heterocycles. The van der Waals surface area contributed by atoms with E-state index in [1.54, 1.807) is 0 Å². The number of nitrogens with zero attached hydrogens (tertiary/aromatic N) is 1. The number of carbonyl (C=O) groups is 1. The van der Waals surface area contributed by atoms with Gasteiger partial charge in [-0.15, -0.1) is 24.8 Å². The molecule has 24 heavy (non-hydrogen) atoms. The van der Waals surface area contributed by atoms with Crippen molar-refractivity contribution >= 4 is 30.7 Å². The quantitative estimate of drug-likeness (QED) is 0.769. The summed E-state index contributed by atoms with van der Waals surface area (Å²) in [4.78, 5) is 14.3. The highest BCUT2D eigenvalue weighted by Crippen LogP contribution is 2.19. The third kappa shape index (κ3) is 7.84. The van der Waals surface area contributed by atoms with Gasteiger partial charge in [0.2, 0.25) is 5.91 Å². The standard InChI is InChI=1S/C18H29N3O.2ClH/c1-21(2)17(16-6-4-3-5-7-16)14-20-18(22)9-8-15-10-12-19-13-11-15;;/h3-7,15,17,19H,8-14H2,1-2H3,(H,20,22);2*1H. The summed E-state index contributed by atoms with van der Waals surface area (Å²) in [6.45, 7) is 2.87. The molecule has 2 N–H and O–H groups in total. The minimum absolute atomic E-state index is 0. The summed E-state index contributed by atoms with van der Waals surface area (Å²) in [6, 6.07) is 10.6. The maximum absolute atomic E-state index is 12.1. The lowest BCUT2D eigenvalue weighted by Gasteiger charge is -2.25. The smallest absolute Gasteiger partial charge is 0.220 e. The number of hydrogen-bond donors (Lipinski definition) is 2. The Labute approximate surface area is 158 Å². The number of halogens is 2. The van der Waals surface area contributed by atoms with Crippen LogP contribution in [-0.4, -0.2) is 44.5 Å². The first kappa shape index (κ1) is 23.2. The van der Waals surface area contributed by atoms with Crippen LogP contribution in [0.1, 0.15) is 37.3 Å². The van der Waals surface area contributed by atoms with Crippen LogP contribution in [0.5, 0.6) is 0 Å². The number of nitrogens with one attached hydrogen (secondary N) is 2. The van der Waals surface area contributed by atoms with Crippen molar-refractivity contribution in [3.05, 3.63) is 35.9 Å². The Hall–Kier alpha value is -0.810. The molecule has 1 unspecified atom stereocenters. The molecule has 0 aromatic heterocycles. The Morgan fingerprint density at radius 1 is 1.21 bits per heavy atom. The summed E-state index contributed by atoms with van der Waals surface area (Å²) in [6.07, 6.45) is 4.08. The van der Waals surface area contributed by atoms with Crippen molar-refractivity contribution in [1.29, 1.82) is 0 Å². The van der Waals surface area contributed by atoms with Gasteiger partial charge in [-0.05, 0) is 57.9 Å². The fraction of sp³-hybridized carbons (Fsp3) is 0.611. The molecular formula is C18H31Cl2N3O. The van der Waals surface area contributed by atoms with Gasteiger partial charge in [0.1, 0.15) is 0 Å². The van der Waals surface area contributed by atoms with Gasteiger partial charge >= 0.3 is 0 Å². The molecule has 1 aromatic carbocycles. The molecule has 0 aliphatic carbocycles. The van der Waals surface area contributed by atoms with Crippen molar-refractivity contribution in [3.63, 3.8) is 0 Å². The summed E-state index contributed by atoms with van der Waals surface area (Å²) < 4.78 is 0. The molecule has 0 spiro atoms. The molecule has 1 saturated heterocycles. The van der Waals surface area contributed by atoms with Crippen molar-refractivity contribution < 1.29 is 4.79 Å². The van der Waals surface area contributed by atoms with E-state index in [9.17, 15) is 4.79 Å². The van der Waals surface area contributed by atoms with E-state index in [0.29, 0.717) is 18.9 Å². The highest BCUT2D eigenvalue weighted by Gasteiger charge is 2.17. The fourth-order valence-corrected chi connectivity index (χ4v) is 3.08. The van der Waals surface area contributed by atoms with Gasteiger partial charge in [0.05, 0.1) is 6.04 Å². The Morgan fingerprint density at radius 2 is 1.83 bits per heavy atom. The van der Waals surface area contributed by atoms with Gasteiger partial charge < -0.3 is 15.5 Å². The minimum atomic E-state index is 0. The number of piperidine rings is 1. The molecule has 1 aliphatic heterocycles. The normalized spacial score (nSPS) is 16.0. The molecule has 138 valence electrons. The van der Waals surface area contributed by atoms with Crippen LogP contribution in [-0.2, 0) is 4.79 Å². The Bertz CT molecular complexity index is 451. The van der Waals surface area contributed by atoms with Crippen molar-refractivity contribution in [3.8, 4) is 0 Å². The van der Waals surface area contributed by atoms with E-state index in [2.05, 4.69) is 41.8 Å². The Balaban J connectivity index is 0.00000264. The van der Waals surface area contributed by atoms with Crippen molar-refractivity contribution in [2.24, 2.45) is 5.92 Å². The molecule has 1 fully saturated rings. The Kier molecular flexibility index (Phi) is 12.1. The van der Waals surface area contributed by atoms with Crippen LogP contribution < -0.4 is 10.6 Å². The van der Waals surface area contributed by atoms with Gasteiger partial charge in [0.15, 0.2) is 0 Å². The van der Waals surface area contributed by atoms with Crippen LogP contribution in [0.15, 0.2) is 30.3 Å². The van der Waals surface area contributed by atoms with E-state index in [0.717, 1.165) is 19.5 Å². The van der Waals surface area contributed by atoms with E-state index in [1.165, 1.54) is 18.4 Å². The Morgan fingerprint density at radius 3 is 2.42 bits per heavy atom. The first-order valence-electron chi connectivity index (χ1n) is 8.35. The molecule has 0 bridgehead atoms. The van der Waals surface area contributed by atoms with E-state index in [1.807, 2.05) is 18.2 Å². The van der Waals surface area contributed by atoms with Crippen LogP contribution in [0, 0.1) is 5.92 Å². The van der Waals surface area contributed by atoms with Crippen LogP contribution >= 0.6 is 24.8 Å². The van der Waals surface area contributed by atoms with Gasteiger partial charge in [0, 0.05) is 13.0 Å². The SMILES string of the molecule is CN(C)C(CNC(=O)CCC1CCNCC1)c1ccccc1.Cl.Cl. The van der Waals surface area contributed by atoms with Gasteiger partial charge in [-0.3, -0.25) is 4.79 Å². The van der Waals surface area contributed by atoms with Crippen molar-refractivity contribution in [2.45, 2.75) is 31.7 Å². The lowest BCUT2D eigenvalue weighted by molar-refractivity contribution is -0.121. The molecule has 1 atom stereocenters. The second kappa shape index (κ2) is 12.5. The van der Waals surface area contributed by atoms with Gasteiger partial charge in [-0.2, -0.15) is 0 Å². The van der Waals surface area contributed by atoms with E-state index in [-0.39, 0.29) is 36.8 Å². The highest BCUT2D eigenvalue weighted by atomic mass is 35.5. The molecule has 2 rings (SSSR count). The van der Waals surface area contributed by atoms with Gasteiger partial charge in [-0.25, -0.2) is 0 Å². The fourth-order valence-electron chi connectivity index (χ4n) is 3.08. The lowest BCUT2D eigenvalue weighted by Crippen LogP contribution is -2.35. The van der Waals surface area contributed by atoms with E-state index < -0.39 is 0 Å². The molecule has 0 radical (unpaired) electrons. The zero-order valence-corrected chi connectivity index (χ0v) is 16.3. The maximum atomic E-state index is 12.1. The zero-order valence-electron chi connectivity index (χ0n) is 14.7. The summed E-state index contributed by atoms with van der Waals surface area (Å²) in [7, 11) is 4.11. The van der Waals surface area contributed by atoms with Crippen molar-refractivity contribution in [1.82, 2.24) is 15.5 Å². The second-order valence-electron chi connectivity index (χ2n) is 6.43. The van der Waals surface area contributed by atoms with Crippen LogP contribution in [0.2, 0.25) is 0 Å². The molecule has 4 nitrogen and oxygen atoms in total. The summed E-state index contributed by atoms with van der Waals surface area (Å²) in [5, 5.41) is 6.47. The number of amides is 1. The van der Waals surface area contributed by atoms with Crippen LogP contribution in [0.3, 0.4) is 0 Å². The summed E-state index contributed by atoms with van der Waals surface area (Å²) >= 11 is 0. The second-order valence-corrected chi connectivity index (χ2v) is 6.43. The average Bonchev–Trinajstić information content (AvgIpc) is 2.55. The molecule has 1 amide bonds. The van der Waals surface area contributed by atoms with Crippen molar-refractivity contribution in [2.75, 3.05) is 33.7 Å². The first-order chi connectivity index (χ1) is 10.7. The van der Waals surface area contributed by atoms with E-state index >= 15 is 0 Å². The largest absolute Gasteiger partial charge is 0.354 e. The lowest BCUT2D eigenvalue weighted by atomic mass is 9.93. The maximum Gasteiger partial charge on any atom is 0.220 e. The van der Waals surface area contributed by atoms with E-state index in [4.69, 9.17) is 0 Å². The highest BCUT2D eigenvalue weighted by molar-refractivity contribution is 5.85. The minimum Gasteiger partial charge on any atom is -0.354 e. The molecule has 0 saturated carbocycles. The third-order valence-corrected chi connectivity index (χ3v) is 4.54. The zero-order chi connectivity index (χ0) is 15.8. The third-order valence-electron chi connectivity index (χ3n) is 4.54. The average molecular weight is 376 g/mol. The number of likely N-dealkylation sites (N-methyl/N-ethyl adjacent to an activating group) is 1. The van der Waals surface area contributed by atoms with Gasteiger partial charge in [-0.1, -0.05) is 30.3 Å². The topological polar surface area (TPSA) is 44.4 Å². The van der Waals surface area contributed by atoms with Crippen LogP contribution in [0.25, 0.3) is 0 Å². The predicted octanol–water partition coefficient (Wildman–Crippen LogP) is 3.03. The number of benzene rings is 1. The molecule has 1 aliphatic rings. The predicted molar refractivity (Wildman–Crippen MR) is 105 cm³/mol. The molecular weight excluding hydrogens is 345 g/mol.